The van der Waals surface area contributed by atoms with Gasteiger partial charge in [0.25, 0.3) is 5.91 Å². The van der Waals surface area contributed by atoms with Crippen LogP contribution in [0.2, 0.25) is 5.02 Å². The standard InChI is InChI=1S/C11H13BrClNO2/c12-8-3-4-10(13)9(7-8)11(16)14-5-1-2-6-15/h3-4,7,15H,1-2,5-6H2,(H,14,16). The molecular weight excluding hydrogens is 293 g/mol. The molecule has 3 nitrogen and oxygen atoms in total. The maximum atomic E-state index is 11.7. The smallest absolute Gasteiger partial charge is 0.252 e. The highest BCUT2D eigenvalue weighted by molar-refractivity contribution is 9.10. The first kappa shape index (κ1) is 13.5. The normalized spacial score (nSPS) is 10.2. The van der Waals surface area contributed by atoms with Crippen molar-refractivity contribution in [1.29, 1.82) is 0 Å². The van der Waals surface area contributed by atoms with Gasteiger partial charge in [0.2, 0.25) is 0 Å². The summed E-state index contributed by atoms with van der Waals surface area (Å²) in [6, 6.07) is 5.14. The van der Waals surface area contributed by atoms with Crippen LogP contribution in [-0.2, 0) is 0 Å². The van der Waals surface area contributed by atoms with E-state index in [1.807, 2.05) is 0 Å². The van der Waals surface area contributed by atoms with Crippen molar-refractivity contribution in [1.82, 2.24) is 5.32 Å². The lowest BCUT2D eigenvalue weighted by Crippen LogP contribution is -2.24. The van der Waals surface area contributed by atoms with Crippen molar-refractivity contribution in [2.24, 2.45) is 0 Å². The van der Waals surface area contributed by atoms with Crippen LogP contribution in [0.25, 0.3) is 0 Å². The van der Waals surface area contributed by atoms with Crippen molar-refractivity contribution >= 4 is 33.4 Å². The average Bonchev–Trinajstić information content (AvgIpc) is 2.27. The van der Waals surface area contributed by atoms with Crippen LogP contribution < -0.4 is 5.32 Å². The summed E-state index contributed by atoms with van der Waals surface area (Å²) in [6.45, 7) is 0.690. The fraction of sp³-hybridized carbons (Fsp3) is 0.364. The minimum Gasteiger partial charge on any atom is -0.396 e. The van der Waals surface area contributed by atoms with Crippen molar-refractivity contribution in [3.8, 4) is 0 Å². The SMILES string of the molecule is O=C(NCCCCO)c1cc(Br)ccc1Cl. The molecular formula is C11H13BrClNO2. The number of aliphatic hydroxyl groups is 1. The van der Waals surface area contributed by atoms with Gasteiger partial charge in [-0.05, 0) is 31.0 Å². The summed E-state index contributed by atoms with van der Waals surface area (Å²) in [5.74, 6) is -0.191. The van der Waals surface area contributed by atoms with Crippen molar-refractivity contribution in [2.45, 2.75) is 12.8 Å². The van der Waals surface area contributed by atoms with Gasteiger partial charge in [-0.1, -0.05) is 27.5 Å². The van der Waals surface area contributed by atoms with Crippen LogP contribution in [0, 0.1) is 0 Å². The molecule has 0 aliphatic carbocycles. The fourth-order valence-electron chi connectivity index (χ4n) is 1.21. The van der Waals surface area contributed by atoms with Crippen LogP contribution in [0.5, 0.6) is 0 Å². The Bertz CT molecular complexity index is 371. The van der Waals surface area contributed by atoms with E-state index in [1.165, 1.54) is 0 Å². The van der Waals surface area contributed by atoms with E-state index in [0.717, 1.165) is 10.9 Å². The maximum absolute atomic E-state index is 11.7. The third-order valence-electron chi connectivity index (χ3n) is 2.04. The molecule has 5 heteroatoms. The molecule has 1 aromatic carbocycles. The Labute approximate surface area is 108 Å². The molecule has 2 N–H and O–H groups in total. The number of hydrogen-bond acceptors (Lipinski definition) is 2. The van der Waals surface area contributed by atoms with E-state index < -0.39 is 0 Å². The Kier molecular flexibility index (Phi) is 5.80. The summed E-state index contributed by atoms with van der Waals surface area (Å²) in [5.41, 5.74) is 0.458. The van der Waals surface area contributed by atoms with Gasteiger partial charge in [-0.3, -0.25) is 4.79 Å². The summed E-state index contributed by atoms with van der Waals surface area (Å²) >= 11 is 9.20. The molecule has 0 aliphatic rings. The molecule has 0 aliphatic heterocycles. The summed E-state index contributed by atoms with van der Waals surface area (Å²) in [6.07, 6.45) is 1.44. The summed E-state index contributed by atoms with van der Waals surface area (Å²) < 4.78 is 0.817. The molecule has 0 radical (unpaired) electrons. The molecule has 0 saturated heterocycles. The van der Waals surface area contributed by atoms with E-state index in [-0.39, 0.29) is 12.5 Å². The number of carbonyl (C=O) groups excluding carboxylic acids is 1. The summed E-state index contributed by atoms with van der Waals surface area (Å²) in [5, 5.41) is 11.8. The van der Waals surface area contributed by atoms with E-state index in [9.17, 15) is 4.79 Å². The molecule has 0 heterocycles. The molecule has 0 bridgehead atoms. The number of rotatable bonds is 5. The van der Waals surface area contributed by atoms with Gasteiger partial charge in [0.15, 0.2) is 0 Å². The number of unbranched alkanes of at least 4 members (excludes halogenated alkanes) is 1. The zero-order valence-electron chi connectivity index (χ0n) is 8.67. The average molecular weight is 307 g/mol. The van der Waals surface area contributed by atoms with Gasteiger partial charge < -0.3 is 10.4 Å². The highest BCUT2D eigenvalue weighted by atomic mass is 79.9. The molecule has 1 aromatic rings. The monoisotopic (exact) mass is 305 g/mol. The lowest BCUT2D eigenvalue weighted by molar-refractivity contribution is 0.0952. The summed E-state index contributed by atoms with van der Waals surface area (Å²) in [7, 11) is 0. The minimum absolute atomic E-state index is 0.146. The van der Waals surface area contributed by atoms with E-state index >= 15 is 0 Å². The first-order valence-corrected chi connectivity index (χ1v) is 6.16. The van der Waals surface area contributed by atoms with Gasteiger partial charge >= 0.3 is 0 Å². The summed E-state index contributed by atoms with van der Waals surface area (Å²) in [4.78, 5) is 11.7. The van der Waals surface area contributed by atoms with Crippen LogP contribution in [-0.4, -0.2) is 24.2 Å². The second-order valence-electron chi connectivity index (χ2n) is 3.31. The first-order valence-electron chi connectivity index (χ1n) is 4.99. The molecule has 0 atom stereocenters. The molecule has 16 heavy (non-hydrogen) atoms. The van der Waals surface area contributed by atoms with Crippen molar-refractivity contribution in [3.05, 3.63) is 33.3 Å². The second kappa shape index (κ2) is 6.89. The number of amides is 1. The quantitative estimate of drug-likeness (QED) is 0.822. The molecule has 1 amide bonds. The second-order valence-corrected chi connectivity index (χ2v) is 4.63. The van der Waals surface area contributed by atoms with Gasteiger partial charge in [0, 0.05) is 17.6 Å². The third-order valence-corrected chi connectivity index (χ3v) is 2.87. The van der Waals surface area contributed by atoms with Crippen LogP contribution in [0.15, 0.2) is 22.7 Å². The number of halogens is 2. The number of nitrogens with one attached hydrogen (secondary N) is 1. The Morgan fingerprint density at radius 3 is 2.88 bits per heavy atom. The predicted molar refractivity (Wildman–Crippen MR) is 67.8 cm³/mol. The number of benzene rings is 1. The zero-order chi connectivity index (χ0) is 12.0. The minimum atomic E-state index is -0.191. The topological polar surface area (TPSA) is 49.3 Å². The van der Waals surface area contributed by atoms with E-state index in [0.29, 0.717) is 23.6 Å². The van der Waals surface area contributed by atoms with E-state index in [4.69, 9.17) is 16.7 Å². The zero-order valence-corrected chi connectivity index (χ0v) is 11.0. The lowest BCUT2D eigenvalue weighted by Gasteiger charge is -2.06. The third kappa shape index (κ3) is 4.12. The van der Waals surface area contributed by atoms with Gasteiger partial charge in [-0.15, -0.1) is 0 Å². The molecule has 88 valence electrons. The van der Waals surface area contributed by atoms with Crippen molar-refractivity contribution < 1.29 is 9.90 Å². The fourth-order valence-corrected chi connectivity index (χ4v) is 1.77. The van der Waals surface area contributed by atoms with Gasteiger partial charge in [-0.2, -0.15) is 0 Å². The molecule has 0 unspecified atom stereocenters. The molecule has 0 fully saturated rings. The lowest BCUT2D eigenvalue weighted by atomic mass is 10.2. The Morgan fingerprint density at radius 2 is 2.19 bits per heavy atom. The largest absolute Gasteiger partial charge is 0.396 e. The number of aliphatic hydroxyl groups excluding tert-OH is 1. The van der Waals surface area contributed by atoms with Crippen LogP contribution in [0.4, 0.5) is 0 Å². The maximum Gasteiger partial charge on any atom is 0.252 e. The molecule has 0 aromatic heterocycles. The Hall–Kier alpha value is -0.580. The van der Waals surface area contributed by atoms with E-state index in [1.54, 1.807) is 18.2 Å². The Morgan fingerprint density at radius 1 is 1.44 bits per heavy atom. The van der Waals surface area contributed by atoms with Gasteiger partial charge in [0.1, 0.15) is 0 Å². The molecule has 0 spiro atoms. The van der Waals surface area contributed by atoms with E-state index in [2.05, 4.69) is 21.2 Å². The first-order chi connectivity index (χ1) is 7.65. The van der Waals surface area contributed by atoms with Crippen molar-refractivity contribution in [2.75, 3.05) is 13.2 Å². The van der Waals surface area contributed by atoms with Gasteiger partial charge in [0.05, 0.1) is 10.6 Å². The number of carbonyl (C=O) groups is 1. The Balaban J connectivity index is 2.55. The molecule has 0 saturated carbocycles. The highest BCUT2D eigenvalue weighted by Crippen LogP contribution is 2.20. The molecule has 1 rings (SSSR count). The van der Waals surface area contributed by atoms with Gasteiger partial charge in [-0.25, -0.2) is 0 Å². The van der Waals surface area contributed by atoms with Crippen LogP contribution in [0.3, 0.4) is 0 Å². The van der Waals surface area contributed by atoms with Crippen LogP contribution in [0.1, 0.15) is 23.2 Å². The highest BCUT2D eigenvalue weighted by Gasteiger charge is 2.09. The predicted octanol–water partition coefficient (Wildman–Crippen LogP) is 2.60. The van der Waals surface area contributed by atoms with Crippen molar-refractivity contribution in [3.63, 3.8) is 0 Å². The van der Waals surface area contributed by atoms with Crippen LogP contribution >= 0.6 is 27.5 Å². The number of hydrogen-bond donors (Lipinski definition) is 2.